The molecule has 2 aliphatic rings. The number of hydrogen-bond donors (Lipinski definition) is 1. The van der Waals surface area contributed by atoms with Gasteiger partial charge in [-0.15, -0.1) is 0 Å². The van der Waals surface area contributed by atoms with E-state index in [0.717, 1.165) is 50.0 Å². The first-order valence-corrected chi connectivity index (χ1v) is 6.73. The van der Waals surface area contributed by atoms with Crippen LogP contribution in [0.1, 0.15) is 34.5 Å². The average Bonchev–Trinajstić information content (AvgIpc) is 3.05. The summed E-state index contributed by atoms with van der Waals surface area (Å²) in [6.07, 6.45) is 4.09. The summed E-state index contributed by atoms with van der Waals surface area (Å²) < 4.78 is 5.34. The zero-order valence-electron chi connectivity index (χ0n) is 11.1. The van der Waals surface area contributed by atoms with E-state index in [9.17, 15) is 9.90 Å². The maximum atomic E-state index is 11.4. The van der Waals surface area contributed by atoms with Crippen molar-refractivity contribution in [3.63, 3.8) is 0 Å². The second kappa shape index (κ2) is 4.81. The van der Waals surface area contributed by atoms with Crippen LogP contribution in [0.25, 0.3) is 0 Å². The predicted molar refractivity (Wildman–Crippen MR) is 70.8 cm³/mol. The Bertz CT molecular complexity index is 516. The largest absolute Gasteiger partial charge is 0.478 e. The maximum Gasteiger partial charge on any atom is 0.339 e. The monoisotopic (exact) mass is 262 g/mol. The Morgan fingerprint density at radius 2 is 2.37 bits per heavy atom. The highest BCUT2D eigenvalue weighted by Crippen LogP contribution is 2.29. The second-order valence-electron chi connectivity index (χ2n) is 5.22. The third-order valence-electron chi connectivity index (χ3n) is 4.04. The molecule has 1 N–H and O–H groups in total. The molecular weight excluding hydrogens is 244 g/mol. The van der Waals surface area contributed by atoms with Crippen LogP contribution in [-0.2, 0) is 17.6 Å². The minimum Gasteiger partial charge on any atom is -0.478 e. The molecule has 1 aromatic heterocycles. The summed E-state index contributed by atoms with van der Waals surface area (Å²) in [6, 6.07) is 1.81. The molecule has 1 atom stereocenters. The summed E-state index contributed by atoms with van der Waals surface area (Å²) in [5.74, 6) is -0.272. The zero-order chi connectivity index (χ0) is 13.4. The van der Waals surface area contributed by atoms with E-state index in [1.54, 1.807) is 7.11 Å². The molecule has 19 heavy (non-hydrogen) atoms. The number of pyridine rings is 1. The quantitative estimate of drug-likeness (QED) is 0.894. The van der Waals surface area contributed by atoms with Gasteiger partial charge in [-0.25, -0.2) is 9.78 Å². The molecule has 0 spiro atoms. The molecule has 2 heterocycles. The van der Waals surface area contributed by atoms with Gasteiger partial charge in [-0.1, -0.05) is 0 Å². The van der Waals surface area contributed by atoms with Crippen LogP contribution in [0.2, 0.25) is 0 Å². The fourth-order valence-electron chi connectivity index (χ4n) is 2.97. The van der Waals surface area contributed by atoms with Crippen LogP contribution in [0.15, 0.2) is 6.07 Å². The zero-order valence-corrected chi connectivity index (χ0v) is 11.1. The van der Waals surface area contributed by atoms with Gasteiger partial charge in [-0.05, 0) is 37.3 Å². The van der Waals surface area contributed by atoms with Gasteiger partial charge in [0.1, 0.15) is 11.4 Å². The lowest BCUT2D eigenvalue weighted by Gasteiger charge is -2.20. The number of nitrogens with zero attached hydrogens (tertiary/aromatic N) is 2. The molecule has 0 saturated carbocycles. The average molecular weight is 262 g/mol. The minimum atomic E-state index is -0.891. The summed E-state index contributed by atoms with van der Waals surface area (Å²) in [4.78, 5) is 18.1. The summed E-state index contributed by atoms with van der Waals surface area (Å²) in [6.45, 7) is 1.53. The van der Waals surface area contributed by atoms with Gasteiger partial charge in [0.15, 0.2) is 0 Å². The SMILES string of the molecule is COC1CCN(c2nc3c(cc2C(=O)O)CCC3)C1. The molecule has 0 aromatic carbocycles. The summed E-state index contributed by atoms with van der Waals surface area (Å²) in [7, 11) is 1.70. The van der Waals surface area contributed by atoms with Gasteiger partial charge in [-0.3, -0.25) is 0 Å². The number of aromatic nitrogens is 1. The van der Waals surface area contributed by atoms with Gasteiger partial charge in [-0.2, -0.15) is 0 Å². The molecular formula is C14H18N2O3. The molecule has 1 aliphatic carbocycles. The minimum absolute atomic E-state index is 0.177. The lowest BCUT2D eigenvalue weighted by atomic mass is 10.1. The van der Waals surface area contributed by atoms with Gasteiger partial charge in [0.2, 0.25) is 0 Å². The summed E-state index contributed by atoms with van der Waals surface area (Å²) >= 11 is 0. The van der Waals surface area contributed by atoms with E-state index < -0.39 is 5.97 Å². The highest BCUT2D eigenvalue weighted by Gasteiger charge is 2.28. The Morgan fingerprint density at radius 3 is 3.05 bits per heavy atom. The van der Waals surface area contributed by atoms with Crippen molar-refractivity contribution in [3.05, 3.63) is 22.9 Å². The number of anilines is 1. The number of aromatic carboxylic acids is 1. The summed E-state index contributed by atoms with van der Waals surface area (Å²) in [5, 5.41) is 9.38. The van der Waals surface area contributed by atoms with E-state index in [2.05, 4.69) is 4.98 Å². The van der Waals surface area contributed by atoms with Crippen LogP contribution < -0.4 is 4.90 Å². The Kier molecular flexibility index (Phi) is 3.14. The van der Waals surface area contributed by atoms with Crippen molar-refractivity contribution in [2.75, 3.05) is 25.1 Å². The molecule has 1 aliphatic heterocycles. The first-order valence-electron chi connectivity index (χ1n) is 6.73. The van der Waals surface area contributed by atoms with Crippen molar-refractivity contribution in [3.8, 4) is 0 Å². The molecule has 1 aromatic rings. The molecule has 1 fully saturated rings. The molecule has 3 rings (SSSR count). The molecule has 1 saturated heterocycles. The molecule has 0 bridgehead atoms. The molecule has 1 unspecified atom stereocenters. The van der Waals surface area contributed by atoms with E-state index in [0.29, 0.717) is 11.4 Å². The van der Waals surface area contributed by atoms with E-state index in [-0.39, 0.29) is 6.10 Å². The second-order valence-corrected chi connectivity index (χ2v) is 5.22. The normalized spacial score (nSPS) is 21.7. The van der Waals surface area contributed by atoms with Crippen LogP contribution in [0.4, 0.5) is 5.82 Å². The topological polar surface area (TPSA) is 62.7 Å². The van der Waals surface area contributed by atoms with Crippen molar-refractivity contribution < 1.29 is 14.6 Å². The number of hydrogen-bond acceptors (Lipinski definition) is 4. The molecule has 5 nitrogen and oxygen atoms in total. The third-order valence-corrected chi connectivity index (χ3v) is 4.04. The van der Waals surface area contributed by atoms with Crippen LogP contribution in [0.5, 0.6) is 0 Å². The van der Waals surface area contributed by atoms with Gasteiger partial charge in [0, 0.05) is 25.9 Å². The fourth-order valence-corrected chi connectivity index (χ4v) is 2.97. The first-order chi connectivity index (χ1) is 9.19. The van der Waals surface area contributed by atoms with Crippen LogP contribution in [-0.4, -0.2) is 42.4 Å². The van der Waals surface area contributed by atoms with Gasteiger partial charge >= 0.3 is 5.97 Å². The molecule has 0 amide bonds. The van der Waals surface area contributed by atoms with Gasteiger partial charge < -0.3 is 14.7 Å². The van der Waals surface area contributed by atoms with Crippen LogP contribution in [0.3, 0.4) is 0 Å². The molecule has 0 radical (unpaired) electrons. The van der Waals surface area contributed by atoms with Crippen molar-refractivity contribution in [1.29, 1.82) is 0 Å². The van der Waals surface area contributed by atoms with Crippen molar-refractivity contribution >= 4 is 11.8 Å². The smallest absolute Gasteiger partial charge is 0.339 e. The highest BCUT2D eigenvalue weighted by atomic mass is 16.5. The van der Waals surface area contributed by atoms with Crippen molar-refractivity contribution in [2.24, 2.45) is 0 Å². The number of ether oxygens (including phenoxy) is 1. The van der Waals surface area contributed by atoms with Crippen molar-refractivity contribution in [2.45, 2.75) is 31.8 Å². The Labute approximate surface area is 112 Å². The molecule has 102 valence electrons. The maximum absolute atomic E-state index is 11.4. The van der Waals surface area contributed by atoms with E-state index >= 15 is 0 Å². The lowest BCUT2D eigenvalue weighted by molar-refractivity contribution is 0.0697. The number of carbonyl (C=O) groups is 1. The number of rotatable bonds is 3. The number of methoxy groups -OCH3 is 1. The number of carboxylic acid groups (broad SMARTS) is 1. The number of fused-ring (bicyclic) bond motifs is 1. The third kappa shape index (κ3) is 2.18. The standard InChI is InChI=1S/C14H18N2O3/c1-19-10-5-6-16(8-10)13-11(14(17)18)7-9-3-2-4-12(9)15-13/h7,10H,2-6,8H2,1H3,(H,17,18). The molecule has 5 heteroatoms. The van der Waals surface area contributed by atoms with E-state index in [4.69, 9.17) is 4.74 Å². The lowest BCUT2D eigenvalue weighted by Crippen LogP contribution is -2.25. The van der Waals surface area contributed by atoms with E-state index in [1.807, 2.05) is 11.0 Å². The van der Waals surface area contributed by atoms with Crippen LogP contribution in [0, 0.1) is 0 Å². The predicted octanol–water partition coefficient (Wildman–Crippen LogP) is 1.49. The van der Waals surface area contributed by atoms with Gasteiger partial charge in [0.05, 0.1) is 6.10 Å². The highest BCUT2D eigenvalue weighted by molar-refractivity contribution is 5.93. The Morgan fingerprint density at radius 1 is 1.53 bits per heavy atom. The van der Waals surface area contributed by atoms with E-state index in [1.165, 1.54) is 0 Å². The van der Waals surface area contributed by atoms with Crippen LogP contribution >= 0.6 is 0 Å². The number of carboxylic acids is 1. The fraction of sp³-hybridized carbons (Fsp3) is 0.571. The van der Waals surface area contributed by atoms with Crippen molar-refractivity contribution in [1.82, 2.24) is 4.98 Å². The first kappa shape index (κ1) is 12.4. The Hall–Kier alpha value is -1.62. The summed E-state index contributed by atoms with van der Waals surface area (Å²) in [5.41, 5.74) is 2.50. The number of aryl methyl sites for hydroxylation is 2. The van der Waals surface area contributed by atoms with Gasteiger partial charge in [0.25, 0.3) is 0 Å². The Balaban J connectivity index is 1.98.